The van der Waals surface area contributed by atoms with Crippen LogP contribution in [0, 0.1) is 0 Å². The Morgan fingerprint density at radius 1 is 1.21 bits per heavy atom. The van der Waals surface area contributed by atoms with Crippen LogP contribution < -0.4 is 0 Å². The summed E-state index contributed by atoms with van der Waals surface area (Å²) in [6.07, 6.45) is 4.51. The Morgan fingerprint density at radius 2 is 1.86 bits per heavy atom. The molecule has 0 aromatic rings. The normalized spacial score (nSPS) is 25.6. The van der Waals surface area contributed by atoms with E-state index < -0.39 is 0 Å². The molecule has 4 nitrogen and oxygen atoms in total. The van der Waals surface area contributed by atoms with Crippen molar-refractivity contribution in [2.75, 3.05) is 0 Å². The topological polar surface area (TPSA) is 52.6 Å². The van der Waals surface area contributed by atoms with Gasteiger partial charge in [-0.25, -0.2) is 0 Å². The molecule has 0 aromatic carbocycles. The summed E-state index contributed by atoms with van der Waals surface area (Å²) in [5.41, 5.74) is 0. The highest BCUT2D eigenvalue weighted by molar-refractivity contribution is 5.67. The maximum absolute atomic E-state index is 10.7. The van der Waals surface area contributed by atoms with Gasteiger partial charge in [-0.05, 0) is 6.08 Å². The van der Waals surface area contributed by atoms with Crippen LogP contribution in [0.2, 0.25) is 0 Å². The van der Waals surface area contributed by atoms with Gasteiger partial charge in [-0.1, -0.05) is 6.08 Å². The van der Waals surface area contributed by atoms with Crippen LogP contribution >= 0.6 is 0 Å². The molecule has 1 aliphatic rings. The smallest absolute Gasteiger partial charge is 0.303 e. The van der Waals surface area contributed by atoms with E-state index >= 15 is 0 Å². The van der Waals surface area contributed by atoms with Crippen LogP contribution in [-0.2, 0) is 19.1 Å². The van der Waals surface area contributed by atoms with Gasteiger partial charge in [-0.3, -0.25) is 9.59 Å². The molecule has 0 fully saturated rings. The Kier molecular flexibility index (Phi) is 3.68. The highest BCUT2D eigenvalue weighted by Gasteiger charge is 2.21. The molecule has 78 valence electrons. The molecule has 2 atom stereocenters. The molecule has 0 unspecified atom stereocenters. The zero-order valence-electron chi connectivity index (χ0n) is 8.36. The monoisotopic (exact) mass is 198 g/mol. The maximum Gasteiger partial charge on any atom is 0.303 e. The zero-order chi connectivity index (χ0) is 10.6. The van der Waals surface area contributed by atoms with Gasteiger partial charge in [0.1, 0.15) is 12.2 Å². The van der Waals surface area contributed by atoms with Gasteiger partial charge in [0, 0.05) is 26.7 Å². The molecule has 1 rings (SSSR count). The number of hydrogen-bond acceptors (Lipinski definition) is 4. The Morgan fingerprint density at radius 3 is 2.43 bits per heavy atom. The molecule has 14 heavy (non-hydrogen) atoms. The largest absolute Gasteiger partial charge is 0.462 e. The van der Waals surface area contributed by atoms with E-state index in [0.29, 0.717) is 12.8 Å². The Labute approximate surface area is 82.9 Å². The van der Waals surface area contributed by atoms with E-state index in [4.69, 9.17) is 9.47 Å². The predicted molar refractivity (Wildman–Crippen MR) is 49.5 cm³/mol. The Hall–Kier alpha value is -1.32. The Balaban J connectivity index is 2.43. The van der Waals surface area contributed by atoms with Gasteiger partial charge in [0.2, 0.25) is 0 Å². The zero-order valence-corrected chi connectivity index (χ0v) is 8.36. The highest BCUT2D eigenvalue weighted by atomic mass is 16.6. The van der Waals surface area contributed by atoms with E-state index in [1.165, 1.54) is 13.8 Å². The van der Waals surface area contributed by atoms with Crippen LogP contribution in [-0.4, -0.2) is 24.1 Å². The minimum atomic E-state index is -0.317. The van der Waals surface area contributed by atoms with Crippen LogP contribution in [0.5, 0.6) is 0 Å². The minimum Gasteiger partial charge on any atom is -0.462 e. The van der Waals surface area contributed by atoms with Gasteiger partial charge >= 0.3 is 11.9 Å². The molecule has 0 saturated carbocycles. The lowest BCUT2D eigenvalue weighted by molar-refractivity contribution is -0.151. The molecule has 1 aliphatic carbocycles. The van der Waals surface area contributed by atoms with Crippen molar-refractivity contribution >= 4 is 11.9 Å². The number of rotatable bonds is 2. The Bertz CT molecular complexity index is 257. The minimum absolute atomic E-state index is 0.165. The molecule has 0 saturated heterocycles. The van der Waals surface area contributed by atoms with Crippen LogP contribution in [0.3, 0.4) is 0 Å². The molecule has 0 heterocycles. The first-order valence-corrected chi connectivity index (χ1v) is 4.59. The predicted octanol–water partition coefficient (Wildman–Crippen LogP) is 1.20. The van der Waals surface area contributed by atoms with Gasteiger partial charge in [0.05, 0.1) is 0 Å². The summed E-state index contributed by atoms with van der Waals surface area (Å²) < 4.78 is 10.0. The molecular formula is C10H14O4. The first-order valence-electron chi connectivity index (χ1n) is 4.59. The van der Waals surface area contributed by atoms with Crippen LogP contribution in [0.15, 0.2) is 12.2 Å². The molecule has 0 amide bonds. The molecule has 4 heteroatoms. The fraction of sp³-hybridized carbons (Fsp3) is 0.600. The van der Waals surface area contributed by atoms with Crippen molar-refractivity contribution in [1.82, 2.24) is 0 Å². The number of hydrogen-bond donors (Lipinski definition) is 0. The molecule has 0 radical (unpaired) electrons. The third-order valence-corrected chi connectivity index (χ3v) is 1.89. The summed E-state index contributed by atoms with van der Waals surface area (Å²) in [6.45, 7) is 2.74. The van der Waals surface area contributed by atoms with E-state index in [1.54, 1.807) is 0 Å². The average Bonchev–Trinajstić information content (AvgIpc) is 2.01. The number of esters is 2. The third kappa shape index (κ3) is 3.60. The first kappa shape index (κ1) is 10.8. The van der Waals surface area contributed by atoms with Gasteiger partial charge in [-0.2, -0.15) is 0 Å². The summed E-state index contributed by atoms with van der Waals surface area (Å²) in [5, 5.41) is 0. The quantitative estimate of drug-likeness (QED) is 0.494. The maximum atomic E-state index is 10.7. The summed E-state index contributed by atoms with van der Waals surface area (Å²) in [4.78, 5) is 21.4. The second-order valence-electron chi connectivity index (χ2n) is 3.28. The van der Waals surface area contributed by atoms with Crippen LogP contribution in [0.25, 0.3) is 0 Å². The number of carbonyl (C=O) groups is 2. The number of ether oxygens (including phenoxy) is 2. The van der Waals surface area contributed by atoms with Crippen molar-refractivity contribution in [2.45, 2.75) is 38.9 Å². The van der Waals surface area contributed by atoms with Gasteiger partial charge < -0.3 is 9.47 Å². The SMILES string of the molecule is CC(=O)O[C@@H]1CC=C[C@@H](OC(C)=O)C1. The first-order chi connectivity index (χ1) is 6.58. The van der Waals surface area contributed by atoms with E-state index in [9.17, 15) is 9.59 Å². The van der Waals surface area contributed by atoms with Crippen molar-refractivity contribution in [3.05, 3.63) is 12.2 Å². The molecule has 0 aromatic heterocycles. The van der Waals surface area contributed by atoms with E-state index in [0.717, 1.165) is 0 Å². The fourth-order valence-electron chi connectivity index (χ4n) is 1.45. The van der Waals surface area contributed by atoms with Crippen LogP contribution in [0.1, 0.15) is 26.7 Å². The third-order valence-electron chi connectivity index (χ3n) is 1.89. The lowest BCUT2D eigenvalue weighted by Crippen LogP contribution is -2.27. The average molecular weight is 198 g/mol. The van der Waals surface area contributed by atoms with Crippen molar-refractivity contribution in [3.63, 3.8) is 0 Å². The molecule has 0 aliphatic heterocycles. The summed E-state index contributed by atoms with van der Waals surface area (Å²) >= 11 is 0. The summed E-state index contributed by atoms with van der Waals surface area (Å²) in [6, 6.07) is 0. The second kappa shape index (κ2) is 4.79. The van der Waals surface area contributed by atoms with Crippen molar-refractivity contribution < 1.29 is 19.1 Å². The molecule has 0 spiro atoms. The van der Waals surface area contributed by atoms with E-state index in [1.807, 2.05) is 12.2 Å². The van der Waals surface area contributed by atoms with Gasteiger partial charge in [0.25, 0.3) is 0 Å². The van der Waals surface area contributed by atoms with E-state index in [-0.39, 0.29) is 24.1 Å². The molecule has 0 N–H and O–H groups in total. The molecule has 0 bridgehead atoms. The van der Waals surface area contributed by atoms with Gasteiger partial charge in [0.15, 0.2) is 0 Å². The second-order valence-corrected chi connectivity index (χ2v) is 3.28. The summed E-state index contributed by atoms with van der Waals surface area (Å²) in [7, 11) is 0. The van der Waals surface area contributed by atoms with Crippen molar-refractivity contribution in [2.24, 2.45) is 0 Å². The van der Waals surface area contributed by atoms with E-state index in [2.05, 4.69) is 0 Å². The number of carbonyl (C=O) groups excluding carboxylic acids is 2. The lowest BCUT2D eigenvalue weighted by Gasteiger charge is -2.23. The molecular weight excluding hydrogens is 184 g/mol. The fourth-order valence-corrected chi connectivity index (χ4v) is 1.45. The van der Waals surface area contributed by atoms with Crippen molar-refractivity contribution in [3.8, 4) is 0 Å². The standard InChI is InChI=1S/C10H14O4/c1-7(11)13-9-4-3-5-10(6-9)14-8(2)12/h3-4,9-10H,5-6H2,1-2H3/t9-,10-/m1/s1. The highest BCUT2D eigenvalue weighted by Crippen LogP contribution is 2.17. The van der Waals surface area contributed by atoms with Crippen LogP contribution in [0.4, 0.5) is 0 Å². The summed E-state index contributed by atoms with van der Waals surface area (Å²) in [5.74, 6) is -0.616. The van der Waals surface area contributed by atoms with Gasteiger partial charge in [-0.15, -0.1) is 0 Å². The van der Waals surface area contributed by atoms with Crippen molar-refractivity contribution in [1.29, 1.82) is 0 Å². The lowest BCUT2D eigenvalue weighted by atomic mass is 10.0.